The zero-order valence-electron chi connectivity index (χ0n) is 18.4. The van der Waals surface area contributed by atoms with E-state index in [9.17, 15) is 18.5 Å². The van der Waals surface area contributed by atoms with Gasteiger partial charge in [-0.25, -0.2) is 17.1 Å². The number of nitrogens with zero attached hydrogens (tertiary/aromatic N) is 3. The van der Waals surface area contributed by atoms with Crippen molar-refractivity contribution < 1.29 is 12.8 Å². The minimum atomic E-state index is -4.67. The molecule has 2 heterocycles. The van der Waals surface area contributed by atoms with Crippen LogP contribution in [0.25, 0.3) is 0 Å². The monoisotopic (exact) mass is 539 g/mol. The highest BCUT2D eigenvalue weighted by Gasteiger charge is 2.53. The molecule has 0 unspecified atom stereocenters. The summed E-state index contributed by atoms with van der Waals surface area (Å²) in [5.41, 5.74) is -1.35. The van der Waals surface area contributed by atoms with Gasteiger partial charge < -0.3 is 0 Å². The van der Waals surface area contributed by atoms with Crippen molar-refractivity contribution >= 4 is 39.0 Å². The van der Waals surface area contributed by atoms with Crippen LogP contribution in [0.1, 0.15) is 16.7 Å². The van der Waals surface area contributed by atoms with Gasteiger partial charge in [-0.15, -0.1) is 0 Å². The van der Waals surface area contributed by atoms with Crippen molar-refractivity contribution in [3.05, 3.63) is 128 Å². The predicted octanol–water partition coefficient (Wildman–Crippen LogP) is 5.32. The van der Waals surface area contributed by atoms with Crippen LogP contribution < -0.4 is 9.86 Å². The van der Waals surface area contributed by atoms with Gasteiger partial charge in [-0.05, 0) is 53.6 Å². The van der Waals surface area contributed by atoms with Gasteiger partial charge in [0.2, 0.25) is 0 Å². The Labute approximate surface area is 216 Å². The Balaban J connectivity index is 1.91. The van der Waals surface area contributed by atoms with Crippen molar-refractivity contribution in [2.45, 2.75) is 17.0 Å². The van der Waals surface area contributed by atoms with Gasteiger partial charge >= 0.3 is 0 Å². The normalized spacial score (nSPS) is 14.3. The third-order valence-corrected chi connectivity index (χ3v) is 8.57. The third-order valence-electron chi connectivity index (χ3n) is 6.21. The molecule has 0 saturated heterocycles. The molecule has 6 nitrogen and oxygen atoms in total. The zero-order chi connectivity index (χ0) is 25.7. The fourth-order valence-corrected chi connectivity index (χ4v) is 6.71. The average Bonchev–Trinajstić information content (AvgIpc) is 3.23. The number of halogens is 3. The van der Waals surface area contributed by atoms with Crippen LogP contribution in [0.2, 0.25) is 10.0 Å². The van der Waals surface area contributed by atoms with Crippen LogP contribution in [-0.4, -0.2) is 13.0 Å². The van der Waals surface area contributed by atoms with Gasteiger partial charge in [0.15, 0.2) is 5.82 Å². The Morgan fingerprint density at radius 1 is 0.861 bits per heavy atom. The van der Waals surface area contributed by atoms with Gasteiger partial charge in [-0.3, -0.25) is 9.36 Å². The van der Waals surface area contributed by atoms with Crippen LogP contribution in [0.4, 0.5) is 10.2 Å². The largest absolute Gasteiger partial charge is 0.291 e. The molecule has 1 aliphatic rings. The molecule has 180 valence electrons. The second kappa shape index (κ2) is 8.79. The molecule has 1 aromatic heterocycles. The number of rotatable bonds is 4. The maximum Gasteiger partial charge on any atom is 0.269 e. The van der Waals surface area contributed by atoms with Crippen LogP contribution in [0, 0.1) is 17.1 Å². The van der Waals surface area contributed by atoms with Gasteiger partial charge in [-0.1, -0.05) is 59.6 Å². The standard InChI is InChI=1S/C26H16Cl2FN3O3S/c27-20-11-7-18(8-12-20)26(19-9-13-21(28)14-10-19)16-31-23(5-2-6-24(31)33)32(26)36(34,35)22-4-1-3-17(15-30)25(22)29/h1-14H,16H2. The van der Waals surface area contributed by atoms with Crippen molar-refractivity contribution in [3.63, 3.8) is 0 Å². The fraction of sp³-hybridized carbons (Fsp3) is 0.0769. The third kappa shape index (κ3) is 3.59. The summed E-state index contributed by atoms with van der Waals surface area (Å²) in [6.07, 6.45) is 0. The van der Waals surface area contributed by atoms with Crippen molar-refractivity contribution in [1.82, 2.24) is 4.57 Å². The Hall–Kier alpha value is -3.64. The van der Waals surface area contributed by atoms with Gasteiger partial charge in [0.05, 0.1) is 12.1 Å². The topological polar surface area (TPSA) is 83.2 Å². The molecular formula is C26H16Cl2FN3O3S. The van der Waals surface area contributed by atoms with Crippen LogP contribution in [0.5, 0.6) is 0 Å². The van der Waals surface area contributed by atoms with E-state index in [1.54, 1.807) is 54.6 Å². The Bertz CT molecular complexity index is 1650. The first-order chi connectivity index (χ1) is 17.2. The zero-order valence-corrected chi connectivity index (χ0v) is 20.7. The van der Waals surface area contributed by atoms with Gasteiger partial charge in [0.25, 0.3) is 15.6 Å². The van der Waals surface area contributed by atoms with Crippen LogP contribution in [0.15, 0.2) is 94.6 Å². The molecular weight excluding hydrogens is 524 g/mol. The number of sulfonamides is 1. The second-order valence-electron chi connectivity index (χ2n) is 8.18. The maximum atomic E-state index is 15.3. The van der Waals surface area contributed by atoms with Gasteiger partial charge in [0.1, 0.15) is 22.3 Å². The molecule has 3 aromatic carbocycles. The number of anilines is 1. The van der Waals surface area contributed by atoms with Crippen LogP contribution >= 0.6 is 23.2 Å². The molecule has 0 amide bonds. The molecule has 0 bridgehead atoms. The molecule has 0 aliphatic carbocycles. The van der Waals surface area contributed by atoms with Crippen molar-refractivity contribution in [3.8, 4) is 6.07 Å². The molecule has 0 radical (unpaired) electrons. The lowest BCUT2D eigenvalue weighted by Gasteiger charge is -2.39. The summed E-state index contributed by atoms with van der Waals surface area (Å²) in [4.78, 5) is 12.2. The summed E-state index contributed by atoms with van der Waals surface area (Å²) < 4.78 is 46.3. The summed E-state index contributed by atoms with van der Waals surface area (Å²) in [6.45, 7) is -0.0932. The van der Waals surface area contributed by atoms with E-state index in [1.807, 2.05) is 0 Å². The minimum absolute atomic E-state index is 0.0501. The molecule has 10 heteroatoms. The Morgan fingerprint density at radius 3 is 1.97 bits per heavy atom. The van der Waals surface area contributed by atoms with E-state index >= 15 is 4.39 Å². The summed E-state index contributed by atoms with van der Waals surface area (Å²) >= 11 is 12.3. The van der Waals surface area contributed by atoms with E-state index in [-0.39, 0.29) is 12.4 Å². The summed E-state index contributed by atoms with van der Waals surface area (Å²) in [7, 11) is -4.67. The molecule has 0 spiro atoms. The first-order valence-electron chi connectivity index (χ1n) is 10.7. The highest BCUT2D eigenvalue weighted by molar-refractivity contribution is 7.93. The summed E-state index contributed by atoms with van der Waals surface area (Å²) in [5.74, 6) is -1.12. The SMILES string of the molecule is N#Cc1cccc(S(=O)(=O)N2c3cccc(=O)n3CC2(c2ccc(Cl)cc2)c2ccc(Cl)cc2)c1F. The smallest absolute Gasteiger partial charge is 0.269 e. The van der Waals surface area contributed by atoms with E-state index in [0.29, 0.717) is 21.2 Å². The van der Waals surface area contributed by atoms with E-state index in [0.717, 1.165) is 10.4 Å². The van der Waals surface area contributed by atoms with Crippen molar-refractivity contribution in [1.29, 1.82) is 5.26 Å². The number of nitriles is 1. The van der Waals surface area contributed by atoms with Gasteiger partial charge in [0, 0.05) is 16.1 Å². The van der Waals surface area contributed by atoms with E-state index in [1.165, 1.54) is 34.9 Å². The number of hydrogen-bond donors (Lipinski definition) is 0. The highest BCUT2D eigenvalue weighted by Crippen LogP contribution is 2.48. The second-order valence-corrected chi connectivity index (χ2v) is 10.8. The quantitative estimate of drug-likeness (QED) is 0.351. The lowest BCUT2D eigenvalue weighted by Crippen LogP contribution is -2.48. The Kier molecular flexibility index (Phi) is 5.87. The highest BCUT2D eigenvalue weighted by atomic mass is 35.5. The molecule has 0 N–H and O–H groups in total. The molecule has 36 heavy (non-hydrogen) atoms. The predicted molar refractivity (Wildman–Crippen MR) is 135 cm³/mol. The number of fused-ring (bicyclic) bond motifs is 1. The molecule has 0 fully saturated rings. The molecule has 1 aliphatic heterocycles. The number of pyridine rings is 1. The van der Waals surface area contributed by atoms with Gasteiger partial charge in [-0.2, -0.15) is 5.26 Å². The molecule has 5 rings (SSSR count). The minimum Gasteiger partial charge on any atom is -0.291 e. The van der Waals surface area contributed by atoms with Crippen LogP contribution in [-0.2, 0) is 22.1 Å². The number of aromatic nitrogens is 1. The maximum absolute atomic E-state index is 15.3. The Morgan fingerprint density at radius 2 is 1.42 bits per heavy atom. The van der Waals surface area contributed by atoms with Crippen molar-refractivity contribution in [2.24, 2.45) is 0 Å². The van der Waals surface area contributed by atoms with E-state index in [2.05, 4.69) is 0 Å². The average molecular weight is 540 g/mol. The first kappa shape index (κ1) is 24.1. The summed E-state index contributed by atoms with van der Waals surface area (Å²) in [5, 5.41) is 10.2. The van der Waals surface area contributed by atoms with Crippen LogP contribution in [0.3, 0.4) is 0 Å². The van der Waals surface area contributed by atoms with Crippen molar-refractivity contribution in [2.75, 3.05) is 4.31 Å². The summed E-state index contributed by atoms with van der Waals surface area (Å²) in [6, 6.07) is 22.6. The molecule has 0 saturated carbocycles. The first-order valence-corrected chi connectivity index (χ1v) is 12.9. The number of hydrogen-bond acceptors (Lipinski definition) is 4. The van der Waals surface area contributed by atoms with E-state index in [4.69, 9.17) is 23.2 Å². The lowest BCUT2D eigenvalue weighted by atomic mass is 9.83. The number of benzene rings is 3. The fourth-order valence-electron chi connectivity index (χ4n) is 4.59. The lowest BCUT2D eigenvalue weighted by molar-refractivity contribution is 0.489. The van der Waals surface area contributed by atoms with E-state index < -0.39 is 37.4 Å². The molecule has 4 aromatic rings. The molecule has 0 atom stereocenters.